The van der Waals surface area contributed by atoms with Gasteiger partial charge in [0.1, 0.15) is 0 Å². The Hall–Kier alpha value is -2.00. The van der Waals surface area contributed by atoms with Crippen molar-refractivity contribution >= 4 is 0 Å². The van der Waals surface area contributed by atoms with Crippen molar-refractivity contribution in [2.24, 2.45) is 0 Å². The molecule has 0 spiro atoms. The van der Waals surface area contributed by atoms with Crippen LogP contribution in [0.2, 0.25) is 0 Å². The second-order valence-electron chi connectivity index (χ2n) is 3.97. The van der Waals surface area contributed by atoms with Crippen molar-refractivity contribution in [1.82, 2.24) is 0 Å². The molecule has 2 saturated heterocycles. The summed E-state index contributed by atoms with van der Waals surface area (Å²) in [4.78, 5) is 0. The zero-order chi connectivity index (χ0) is 15.9. The second-order valence-corrected chi connectivity index (χ2v) is 3.97. The van der Waals surface area contributed by atoms with Gasteiger partial charge in [0.05, 0.1) is 25.0 Å². The van der Waals surface area contributed by atoms with Crippen LogP contribution < -0.4 is 0 Å². The largest absolute Gasteiger partial charge is 0.466 e. The average molecular weight is 314 g/mol. The van der Waals surface area contributed by atoms with Gasteiger partial charge in [0.2, 0.25) is 12.6 Å². The summed E-state index contributed by atoms with van der Waals surface area (Å²) in [7, 11) is 0. The molecule has 122 valence electrons. The summed E-state index contributed by atoms with van der Waals surface area (Å²) in [6.07, 6.45) is -0.741. The van der Waals surface area contributed by atoms with Crippen LogP contribution in [0.25, 0.3) is 0 Å². The van der Waals surface area contributed by atoms with Crippen molar-refractivity contribution in [1.29, 1.82) is 0 Å². The Balaban J connectivity index is 2.08. The maximum atomic E-state index is 5.56. The van der Waals surface area contributed by atoms with E-state index in [1.54, 1.807) is 0 Å². The van der Waals surface area contributed by atoms with Gasteiger partial charge < -0.3 is 37.9 Å². The van der Waals surface area contributed by atoms with Crippen LogP contribution in [0.5, 0.6) is 0 Å². The average Bonchev–Trinajstić information content (AvgIpc) is 2.50. The molecular weight excluding hydrogens is 296 g/mol. The second kappa shape index (κ2) is 7.85. The molecule has 0 bridgehead atoms. The van der Waals surface area contributed by atoms with Crippen LogP contribution in [0, 0.1) is 0 Å². The van der Waals surface area contributed by atoms with Gasteiger partial charge in [0.25, 0.3) is 25.2 Å². The molecule has 22 heavy (non-hydrogen) atoms. The van der Waals surface area contributed by atoms with Gasteiger partial charge in [-0.25, -0.2) is 0 Å². The van der Waals surface area contributed by atoms with Crippen molar-refractivity contribution in [3.05, 3.63) is 51.4 Å². The van der Waals surface area contributed by atoms with Crippen LogP contribution in [0.1, 0.15) is 0 Å². The summed E-state index contributed by atoms with van der Waals surface area (Å²) in [5.74, 6) is 0. The lowest BCUT2D eigenvalue weighted by atomic mass is 10.4. The molecule has 0 aromatic rings. The van der Waals surface area contributed by atoms with Gasteiger partial charge in [-0.2, -0.15) is 0 Å². The molecule has 0 aromatic carbocycles. The summed E-state index contributed by atoms with van der Waals surface area (Å²) in [5.41, 5.74) is 0. The summed E-state index contributed by atoms with van der Waals surface area (Å²) < 4.78 is 42.9. The lowest BCUT2D eigenvalue weighted by molar-refractivity contribution is -0.493. The number of ether oxygens (including phenoxy) is 8. The van der Waals surface area contributed by atoms with E-state index in [9.17, 15) is 0 Å². The molecule has 4 atom stereocenters. The molecule has 0 aliphatic carbocycles. The van der Waals surface area contributed by atoms with E-state index in [0.29, 0.717) is 0 Å². The van der Waals surface area contributed by atoms with Gasteiger partial charge in [0.15, 0.2) is 0 Å². The Kier molecular flexibility index (Phi) is 5.84. The third-order valence-corrected chi connectivity index (χ3v) is 2.66. The molecule has 8 nitrogen and oxygen atoms in total. The molecule has 2 aliphatic heterocycles. The maximum Gasteiger partial charge on any atom is 0.264 e. The molecule has 0 amide bonds. The predicted octanol–water partition coefficient (Wildman–Crippen LogP) is 1.68. The molecule has 2 rings (SSSR count). The zero-order valence-electron chi connectivity index (χ0n) is 11.9. The summed E-state index contributed by atoms with van der Waals surface area (Å²) in [6.45, 7) is 13.8. The van der Waals surface area contributed by atoms with Crippen LogP contribution in [0.4, 0.5) is 0 Å². The van der Waals surface area contributed by atoms with Crippen LogP contribution in [0.15, 0.2) is 51.4 Å². The molecule has 0 radical (unpaired) electrons. The minimum absolute atomic E-state index is 0.915. The topological polar surface area (TPSA) is 73.8 Å². The van der Waals surface area contributed by atoms with Gasteiger partial charge in [-0.15, -0.1) is 0 Å². The van der Waals surface area contributed by atoms with E-state index in [-0.39, 0.29) is 0 Å². The molecule has 2 fully saturated rings. The quantitative estimate of drug-likeness (QED) is 0.627. The molecule has 2 aliphatic rings. The molecule has 0 N–H and O–H groups in total. The summed E-state index contributed by atoms with van der Waals surface area (Å²) in [5, 5.41) is 0. The predicted molar refractivity (Wildman–Crippen MR) is 72.2 cm³/mol. The Morgan fingerprint density at radius 2 is 0.727 bits per heavy atom. The highest BCUT2D eigenvalue weighted by Crippen LogP contribution is 2.31. The van der Waals surface area contributed by atoms with Crippen molar-refractivity contribution in [2.75, 3.05) is 0 Å². The van der Waals surface area contributed by atoms with Gasteiger partial charge in [-0.3, -0.25) is 0 Å². The third kappa shape index (κ3) is 3.60. The van der Waals surface area contributed by atoms with E-state index in [2.05, 4.69) is 26.3 Å². The zero-order valence-corrected chi connectivity index (χ0v) is 11.9. The van der Waals surface area contributed by atoms with E-state index in [4.69, 9.17) is 37.9 Å². The van der Waals surface area contributed by atoms with Gasteiger partial charge in [-0.1, -0.05) is 26.3 Å². The lowest BCUT2D eigenvalue weighted by Crippen LogP contribution is -2.59. The minimum atomic E-state index is -0.927. The van der Waals surface area contributed by atoms with Gasteiger partial charge >= 0.3 is 0 Å². The van der Waals surface area contributed by atoms with E-state index >= 15 is 0 Å². The Bertz CT molecular complexity index is 338. The Morgan fingerprint density at radius 3 is 0.909 bits per heavy atom. The first-order valence-electron chi connectivity index (χ1n) is 6.40. The maximum absolute atomic E-state index is 5.56. The smallest absolute Gasteiger partial charge is 0.264 e. The summed E-state index contributed by atoms with van der Waals surface area (Å²) in [6, 6.07) is 0. The molecular formula is C14H18O8. The lowest BCUT2D eigenvalue weighted by Gasteiger charge is -2.44. The first kappa shape index (κ1) is 16.4. The van der Waals surface area contributed by atoms with Crippen LogP contribution >= 0.6 is 0 Å². The minimum Gasteiger partial charge on any atom is -0.466 e. The highest BCUT2D eigenvalue weighted by atomic mass is 16.9. The highest BCUT2D eigenvalue weighted by Gasteiger charge is 2.50. The SMILES string of the molecule is C=COC1OC2OC(OC=C)C(OC=C)OC2OC1OC=C. The molecule has 2 heterocycles. The van der Waals surface area contributed by atoms with E-state index in [0.717, 1.165) is 0 Å². The van der Waals surface area contributed by atoms with Gasteiger partial charge in [-0.05, 0) is 0 Å². The van der Waals surface area contributed by atoms with Crippen molar-refractivity contribution in [2.45, 2.75) is 37.7 Å². The van der Waals surface area contributed by atoms with Crippen LogP contribution in [-0.4, -0.2) is 37.7 Å². The number of hydrogen-bond donors (Lipinski definition) is 0. The van der Waals surface area contributed by atoms with Gasteiger partial charge in [0, 0.05) is 0 Å². The highest BCUT2D eigenvalue weighted by molar-refractivity contribution is 4.75. The van der Waals surface area contributed by atoms with Crippen molar-refractivity contribution in [3.63, 3.8) is 0 Å². The monoisotopic (exact) mass is 314 g/mol. The molecule has 0 saturated carbocycles. The first-order valence-corrected chi connectivity index (χ1v) is 6.40. The first-order chi connectivity index (χ1) is 10.7. The third-order valence-electron chi connectivity index (χ3n) is 2.66. The van der Waals surface area contributed by atoms with E-state index in [1.807, 2.05) is 0 Å². The fraction of sp³-hybridized carbons (Fsp3) is 0.429. The standard InChI is InChI=1S/C14H18O8/c1-5-15-9-10(16-6-2)20-14-13(19-9)21-11(17-7-3)12(22-14)18-8-4/h5-14H,1-4H2. The Labute approximate surface area is 128 Å². The van der Waals surface area contributed by atoms with Crippen molar-refractivity contribution in [3.8, 4) is 0 Å². The van der Waals surface area contributed by atoms with E-state index < -0.39 is 37.7 Å². The van der Waals surface area contributed by atoms with Crippen molar-refractivity contribution < 1.29 is 37.9 Å². The normalized spacial score (nSPS) is 37.1. The fourth-order valence-electron chi connectivity index (χ4n) is 1.87. The number of rotatable bonds is 8. The molecule has 0 aromatic heterocycles. The number of hydrogen-bond acceptors (Lipinski definition) is 8. The van der Waals surface area contributed by atoms with E-state index in [1.165, 1.54) is 25.0 Å². The van der Waals surface area contributed by atoms with Crippen LogP contribution in [0.3, 0.4) is 0 Å². The summed E-state index contributed by atoms with van der Waals surface area (Å²) >= 11 is 0. The number of fused-ring (bicyclic) bond motifs is 1. The molecule has 4 unspecified atom stereocenters. The van der Waals surface area contributed by atoms with Crippen LogP contribution in [-0.2, 0) is 37.9 Å². The molecule has 8 heteroatoms. The fourth-order valence-corrected chi connectivity index (χ4v) is 1.87. The Morgan fingerprint density at radius 1 is 0.500 bits per heavy atom.